The number of carbonyl (C=O) groups is 6. The number of nitrogens with one attached hydrogen (secondary N) is 2. The van der Waals surface area contributed by atoms with Gasteiger partial charge >= 0.3 is 36.4 Å². The third-order valence-electron chi connectivity index (χ3n) is 12.5. The van der Waals surface area contributed by atoms with E-state index in [4.69, 9.17) is 15.2 Å². The van der Waals surface area contributed by atoms with Crippen LogP contribution in [0.3, 0.4) is 0 Å². The molecule has 2 aliphatic rings. The van der Waals surface area contributed by atoms with Gasteiger partial charge in [-0.3, -0.25) is 19.4 Å². The number of rotatable bonds is 20. The van der Waals surface area contributed by atoms with Crippen molar-refractivity contribution in [1.82, 2.24) is 25.3 Å². The molecule has 5 N–H and O–H groups in total. The van der Waals surface area contributed by atoms with Crippen LogP contribution in [0, 0.1) is 13.8 Å². The zero-order chi connectivity index (χ0) is 55.6. The Morgan fingerprint density at radius 3 is 1.36 bits per heavy atom. The summed E-state index contributed by atoms with van der Waals surface area (Å²) >= 11 is 0. The molecule has 4 aromatic carbocycles. The van der Waals surface area contributed by atoms with Gasteiger partial charge in [-0.05, 0) is 82.3 Å². The van der Waals surface area contributed by atoms with Crippen molar-refractivity contribution in [2.45, 2.75) is 52.1 Å². The number of ether oxygens (including phenoxy) is 2. The van der Waals surface area contributed by atoms with Crippen molar-refractivity contribution in [3.8, 4) is 0 Å². The van der Waals surface area contributed by atoms with Crippen molar-refractivity contribution in [3.63, 3.8) is 0 Å². The van der Waals surface area contributed by atoms with E-state index in [0.717, 1.165) is 67.1 Å². The molecule has 17 nitrogen and oxygen atoms in total. The third kappa shape index (κ3) is 13.6. The molecule has 0 aliphatic carbocycles. The Balaban J connectivity index is 1.17. The number of nitrogens with two attached hydrogens (primary N) is 1. The second-order valence-corrected chi connectivity index (χ2v) is 18.0. The van der Waals surface area contributed by atoms with E-state index in [0.29, 0.717) is 11.1 Å². The Bertz CT molecular complexity index is 2670. The van der Waals surface area contributed by atoms with Gasteiger partial charge in [0, 0.05) is 44.1 Å². The second kappa shape index (κ2) is 24.7. The van der Waals surface area contributed by atoms with Gasteiger partial charge in [0.1, 0.15) is 26.3 Å². The molecular weight excluding hydrogens is 1010 g/mol. The number of likely N-dealkylation sites (N-methyl/N-ethyl adjacent to an activating group) is 1. The molecule has 6 rings (SSSR count). The molecule has 0 saturated heterocycles. The number of aryl methyl sites for hydroxylation is 2. The van der Waals surface area contributed by atoms with E-state index >= 15 is 0 Å². The first-order valence-electron chi connectivity index (χ1n) is 23.9. The Morgan fingerprint density at radius 2 is 1.00 bits per heavy atom. The molecular formula is C53H58F6N8O9. The number of urea groups is 2. The summed E-state index contributed by atoms with van der Waals surface area (Å²) in [4.78, 5) is 89.9. The van der Waals surface area contributed by atoms with Crippen LogP contribution in [-0.2, 0) is 41.0 Å². The minimum atomic E-state index is -4.79. The summed E-state index contributed by atoms with van der Waals surface area (Å²) in [7, 11) is 1.67. The first-order valence-corrected chi connectivity index (χ1v) is 23.9. The van der Waals surface area contributed by atoms with Crippen molar-refractivity contribution >= 4 is 47.2 Å². The highest BCUT2D eigenvalue weighted by atomic mass is 19.4. The summed E-state index contributed by atoms with van der Waals surface area (Å²) in [5, 5.41) is 14.9. The van der Waals surface area contributed by atoms with Crippen LogP contribution in [0.5, 0.6) is 0 Å². The van der Waals surface area contributed by atoms with Gasteiger partial charge in [-0.15, -0.1) is 0 Å². The van der Waals surface area contributed by atoms with Crippen molar-refractivity contribution < 1.29 is 69.7 Å². The smallest absolute Gasteiger partial charge is 0.416 e. The number of anilines is 2. The fourth-order valence-electron chi connectivity index (χ4n) is 8.74. The van der Waals surface area contributed by atoms with Crippen LogP contribution in [0.1, 0.15) is 59.3 Å². The number of alkyl halides is 6. The highest BCUT2D eigenvalue weighted by Crippen LogP contribution is 2.43. The standard InChI is InChI=1S/C53H58F6N8O9/c1-32-12-16-36(17-13-32)46-44(48(71)75-26-20-60)34(3)66(40-10-6-8-38(28-40)52(54,55)56)50(73)64(46)30-42(69)61-21-23-63(5)24-22-62-43(70)31-65-47(37-18-14-33(2)15-19-37)45(49(72)76-27-25-68)35(4)67(51(65)74)41-11-7-9-39(29-41)53(57,58)59/h6-19,28-29,46-47,68H,20-27,30-31,60H2,1-5H3,(H,61,69)(H,62,70). The molecule has 76 heavy (non-hydrogen) atoms. The molecule has 2 unspecified atom stereocenters. The van der Waals surface area contributed by atoms with E-state index in [-0.39, 0.29) is 73.2 Å². The number of benzene rings is 4. The van der Waals surface area contributed by atoms with Gasteiger partial charge in [0.05, 0.1) is 52.3 Å². The van der Waals surface area contributed by atoms with Crippen LogP contribution >= 0.6 is 0 Å². The predicted molar refractivity (Wildman–Crippen MR) is 267 cm³/mol. The molecule has 2 heterocycles. The van der Waals surface area contributed by atoms with Crippen LogP contribution < -0.4 is 26.2 Å². The Morgan fingerprint density at radius 1 is 0.618 bits per heavy atom. The molecule has 0 bridgehead atoms. The number of aliphatic hydroxyl groups is 1. The Labute approximate surface area is 434 Å². The van der Waals surface area contributed by atoms with E-state index in [9.17, 15) is 60.2 Å². The Kier molecular flexibility index (Phi) is 18.7. The van der Waals surface area contributed by atoms with E-state index in [1.165, 1.54) is 26.0 Å². The van der Waals surface area contributed by atoms with Crippen molar-refractivity contribution in [2.24, 2.45) is 5.73 Å². The van der Waals surface area contributed by atoms with Gasteiger partial charge in [-0.2, -0.15) is 26.3 Å². The summed E-state index contributed by atoms with van der Waals surface area (Å²) < 4.78 is 94.2. The highest BCUT2D eigenvalue weighted by molar-refractivity contribution is 6.05. The van der Waals surface area contributed by atoms with Gasteiger partial charge < -0.3 is 45.6 Å². The number of hydrogen-bond donors (Lipinski definition) is 4. The lowest BCUT2D eigenvalue weighted by atomic mass is 9.92. The zero-order valence-corrected chi connectivity index (χ0v) is 42.3. The highest BCUT2D eigenvalue weighted by Gasteiger charge is 2.46. The van der Waals surface area contributed by atoms with Crippen LogP contribution in [0.4, 0.5) is 47.3 Å². The molecule has 6 amide bonds. The molecule has 23 heteroatoms. The average Bonchev–Trinajstić information content (AvgIpc) is 3.38. The number of halogens is 6. The van der Waals surface area contributed by atoms with Crippen LogP contribution in [0.2, 0.25) is 0 Å². The van der Waals surface area contributed by atoms with Gasteiger partial charge in [0.2, 0.25) is 11.8 Å². The van der Waals surface area contributed by atoms with Crippen LogP contribution in [0.25, 0.3) is 0 Å². The number of esters is 2. The normalized spacial score (nSPS) is 16.4. The number of hydrogen-bond acceptors (Lipinski definition) is 11. The van der Waals surface area contributed by atoms with Crippen LogP contribution in [-0.4, -0.2) is 128 Å². The summed E-state index contributed by atoms with van der Waals surface area (Å²) in [6.07, 6.45) is -9.56. The van der Waals surface area contributed by atoms with Crippen molar-refractivity contribution in [1.29, 1.82) is 0 Å². The lowest BCUT2D eigenvalue weighted by Gasteiger charge is -2.42. The quantitative estimate of drug-likeness (QED) is 0.0538. The molecule has 0 saturated carbocycles. The van der Waals surface area contributed by atoms with Gasteiger partial charge in [0.15, 0.2) is 0 Å². The Hall–Kier alpha value is -7.76. The number of nitrogens with zero attached hydrogens (tertiary/aromatic N) is 5. The maximum atomic E-state index is 14.5. The molecule has 2 atom stereocenters. The average molecular weight is 1070 g/mol. The minimum absolute atomic E-state index is 0.00908. The molecule has 2 aliphatic heterocycles. The molecule has 0 radical (unpaired) electrons. The van der Waals surface area contributed by atoms with Gasteiger partial charge in [0.25, 0.3) is 0 Å². The van der Waals surface area contributed by atoms with Crippen molar-refractivity contribution in [2.75, 3.05) is 82.5 Å². The van der Waals surface area contributed by atoms with Gasteiger partial charge in [-0.25, -0.2) is 19.2 Å². The second-order valence-electron chi connectivity index (χ2n) is 18.0. The number of amides is 6. The van der Waals surface area contributed by atoms with E-state index in [1.807, 2.05) is 6.92 Å². The fourth-order valence-corrected chi connectivity index (χ4v) is 8.74. The first-order chi connectivity index (χ1) is 36.0. The predicted octanol–water partition coefficient (Wildman–Crippen LogP) is 6.76. The zero-order valence-electron chi connectivity index (χ0n) is 42.3. The topological polar surface area (TPSA) is 207 Å². The lowest BCUT2D eigenvalue weighted by molar-refractivity contribution is -0.141. The third-order valence-corrected chi connectivity index (χ3v) is 12.5. The molecule has 0 spiro atoms. The maximum Gasteiger partial charge on any atom is 0.416 e. The number of allylic oxidation sites excluding steroid dienone is 2. The van der Waals surface area contributed by atoms with E-state index in [1.54, 1.807) is 67.4 Å². The lowest BCUT2D eigenvalue weighted by Crippen LogP contribution is -2.54. The van der Waals surface area contributed by atoms with E-state index in [2.05, 4.69) is 10.6 Å². The molecule has 0 aromatic heterocycles. The summed E-state index contributed by atoms with van der Waals surface area (Å²) in [5.41, 5.74) is 5.13. The number of aliphatic hydroxyl groups excluding tert-OH is 1. The fraction of sp³-hybridized carbons (Fsp3) is 0.358. The molecule has 406 valence electrons. The van der Waals surface area contributed by atoms with Crippen molar-refractivity contribution in [3.05, 3.63) is 153 Å². The largest absolute Gasteiger partial charge is 0.461 e. The van der Waals surface area contributed by atoms with E-state index < -0.39 is 97.7 Å². The minimum Gasteiger partial charge on any atom is -0.461 e. The first kappa shape index (κ1) is 57.5. The summed E-state index contributed by atoms with van der Waals surface area (Å²) in [5.74, 6) is -3.28. The van der Waals surface area contributed by atoms with Crippen LogP contribution in [0.15, 0.2) is 120 Å². The SMILES string of the molecule is CC1=C(C(=O)OCCN)C(c2ccc(C)cc2)N(CC(=O)NCCN(C)CCNC(=O)CN2C(=O)N(c3cccc(C(F)(F)F)c3)C(C)=C(C(=O)OCCO)C2c2ccc(C)cc2)C(=O)N1c1cccc(C(F)(F)F)c1. The summed E-state index contributed by atoms with van der Waals surface area (Å²) in [6, 6.07) is 17.1. The summed E-state index contributed by atoms with van der Waals surface area (Å²) in [6.45, 7) is 4.13. The maximum absolute atomic E-state index is 14.5. The molecule has 0 fully saturated rings. The number of carbonyl (C=O) groups excluding carboxylic acids is 6. The van der Waals surface area contributed by atoms with Gasteiger partial charge in [-0.1, -0.05) is 71.8 Å². The monoisotopic (exact) mass is 1060 g/mol. The molecule has 4 aromatic rings.